The average molecular weight is 437 g/mol. The maximum absolute atomic E-state index is 12.1. The van der Waals surface area contributed by atoms with Gasteiger partial charge in [0, 0.05) is 50.7 Å². The van der Waals surface area contributed by atoms with Crippen LogP contribution < -0.4 is 15.0 Å². The lowest BCUT2D eigenvalue weighted by Crippen LogP contribution is -2.47. The molecular formula is C26H36N4O2. The molecule has 172 valence electrons. The predicted octanol–water partition coefficient (Wildman–Crippen LogP) is 4.51. The highest BCUT2D eigenvalue weighted by atomic mass is 16.6. The number of pyridine rings is 1. The Kier molecular flexibility index (Phi) is 8.37. The Bertz CT molecular complexity index is 813. The van der Waals surface area contributed by atoms with Gasteiger partial charge in [-0.05, 0) is 49.4 Å². The number of anilines is 1. The quantitative estimate of drug-likeness (QED) is 0.587. The summed E-state index contributed by atoms with van der Waals surface area (Å²) in [5.74, 6) is 1.24. The van der Waals surface area contributed by atoms with Crippen LogP contribution in [0.25, 0.3) is 0 Å². The van der Waals surface area contributed by atoms with Crippen molar-refractivity contribution in [1.82, 2.24) is 15.2 Å². The van der Waals surface area contributed by atoms with Crippen molar-refractivity contribution in [3.8, 4) is 5.88 Å². The Morgan fingerprint density at radius 2 is 1.81 bits per heavy atom. The van der Waals surface area contributed by atoms with Crippen molar-refractivity contribution in [1.29, 1.82) is 0 Å². The molecule has 0 bridgehead atoms. The van der Waals surface area contributed by atoms with Crippen molar-refractivity contribution in [3.63, 3.8) is 0 Å². The first kappa shape index (κ1) is 22.6. The van der Waals surface area contributed by atoms with E-state index in [9.17, 15) is 4.79 Å². The van der Waals surface area contributed by atoms with Crippen molar-refractivity contribution in [2.24, 2.45) is 5.92 Å². The van der Waals surface area contributed by atoms with Gasteiger partial charge in [-0.3, -0.25) is 4.90 Å². The van der Waals surface area contributed by atoms with Crippen LogP contribution >= 0.6 is 0 Å². The maximum atomic E-state index is 12.1. The Labute approximate surface area is 192 Å². The average Bonchev–Trinajstić information content (AvgIpc) is 3.36. The predicted molar refractivity (Wildman–Crippen MR) is 128 cm³/mol. The first-order chi connectivity index (χ1) is 15.8. The highest BCUT2D eigenvalue weighted by molar-refractivity contribution is 5.69. The minimum atomic E-state index is -0.426. The minimum Gasteiger partial charge on any atom is -0.391 e. The van der Waals surface area contributed by atoms with Crippen molar-refractivity contribution in [2.75, 3.05) is 44.2 Å². The lowest BCUT2D eigenvalue weighted by Gasteiger charge is -2.36. The number of nitrogens with one attached hydrogen (secondary N) is 1. The Morgan fingerprint density at radius 1 is 1.03 bits per heavy atom. The van der Waals surface area contributed by atoms with Crippen LogP contribution in [0.2, 0.25) is 0 Å². The Balaban J connectivity index is 1.07. The lowest BCUT2D eigenvalue weighted by molar-refractivity contribution is 0.196. The number of benzene rings is 1. The molecule has 1 amide bonds. The van der Waals surface area contributed by atoms with Gasteiger partial charge in [0.25, 0.3) is 0 Å². The lowest BCUT2D eigenvalue weighted by atomic mass is 9.99. The fraction of sp³-hybridized carbons (Fsp3) is 0.538. The molecule has 1 aromatic carbocycles. The number of hydrogen-bond acceptors (Lipinski definition) is 5. The van der Waals surface area contributed by atoms with Crippen molar-refractivity contribution in [3.05, 3.63) is 54.2 Å². The normalized spacial score (nSPS) is 17.4. The molecule has 4 rings (SSSR count). The fourth-order valence-corrected chi connectivity index (χ4v) is 4.78. The van der Waals surface area contributed by atoms with E-state index < -0.39 is 6.09 Å². The zero-order chi connectivity index (χ0) is 22.0. The molecule has 1 N–H and O–H groups in total. The van der Waals surface area contributed by atoms with Crippen LogP contribution in [0, 0.1) is 5.92 Å². The second kappa shape index (κ2) is 11.9. The summed E-state index contributed by atoms with van der Waals surface area (Å²) in [7, 11) is 0. The van der Waals surface area contributed by atoms with E-state index in [1.807, 2.05) is 12.3 Å². The third kappa shape index (κ3) is 6.95. The van der Waals surface area contributed by atoms with Crippen LogP contribution in [0.3, 0.4) is 0 Å². The molecule has 6 heteroatoms. The van der Waals surface area contributed by atoms with E-state index in [4.69, 9.17) is 4.74 Å². The second-order valence-corrected chi connectivity index (χ2v) is 9.03. The van der Waals surface area contributed by atoms with E-state index in [1.54, 1.807) is 6.07 Å². The van der Waals surface area contributed by atoms with Crippen LogP contribution in [0.15, 0.2) is 48.7 Å². The van der Waals surface area contributed by atoms with Gasteiger partial charge in [0.1, 0.15) is 0 Å². The van der Waals surface area contributed by atoms with Crippen molar-refractivity contribution >= 4 is 11.8 Å². The zero-order valence-corrected chi connectivity index (χ0v) is 19.0. The molecule has 2 aromatic rings. The largest absolute Gasteiger partial charge is 0.413 e. The zero-order valence-electron chi connectivity index (χ0n) is 19.0. The highest BCUT2D eigenvalue weighted by Gasteiger charge is 2.17. The molecule has 1 aromatic heterocycles. The van der Waals surface area contributed by atoms with Crippen LogP contribution in [-0.2, 0) is 6.42 Å². The van der Waals surface area contributed by atoms with Gasteiger partial charge in [-0.2, -0.15) is 0 Å². The molecule has 0 unspecified atom stereocenters. The van der Waals surface area contributed by atoms with E-state index in [2.05, 4.69) is 50.4 Å². The van der Waals surface area contributed by atoms with E-state index in [0.29, 0.717) is 12.4 Å². The number of piperazine rings is 1. The van der Waals surface area contributed by atoms with Gasteiger partial charge >= 0.3 is 6.09 Å². The van der Waals surface area contributed by atoms with Crippen LogP contribution in [0.1, 0.15) is 44.1 Å². The summed E-state index contributed by atoms with van der Waals surface area (Å²) in [4.78, 5) is 21.2. The summed E-state index contributed by atoms with van der Waals surface area (Å²) >= 11 is 0. The van der Waals surface area contributed by atoms with Crippen LogP contribution in [-0.4, -0.2) is 55.2 Å². The fourth-order valence-electron chi connectivity index (χ4n) is 4.78. The SMILES string of the molecule is O=C(NCCCN1CCN(c2ccccc2)CC1)Oc1ccc(CCC2CCCC2)cn1. The third-order valence-electron chi connectivity index (χ3n) is 6.72. The van der Waals surface area contributed by atoms with Crippen molar-refractivity contribution in [2.45, 2.75) is 44.9 Å². The van der Waals surface area contributed by atoms with E-state index in [-0.39, 0.29) is 0 Å². The smallest absolute Gasteiger partial charge is 0.391 e. The molecule has 2 aliphatic rings. The Hall–Kier alpha value is -2.60. The number of aromatic nitrogens is 1. The summed E-state index contributed by atoms with van der Waals surface area (Å²) in [6, 6.07) is 14.4. The van der Waals surface area contributed by atoms with Crippen LogP contribution in [0.5, 0.6) is 5.88 Å². The van der Waals surface area contributed by atoms with Crippen LogP contribution in [0.4, 0.5) is 10.5 Å². The number of nitrogens with zero attached hydrogens (tertiary/aromatic N) is 3. The monoisotopic (exact) mass is 436 g/mol. The molecule has 2 heterocycles. The van der Waals surface area contributed by atoms with Gasteiger partial charge in [-0.15, -0.1) is 0 Å². The van der Waals surface area contributed by atoms with E-state index in [0.717, 1.165) is 51.5 Å². The summed E-state index contributed by atoms with van der Waals surface area (Å²) < 4.78 is 5.32. The molecule has 0 atom stereocenters. The molecule has 0 spiro atoms. The molecule has 32 heavy (non-hydrogen) atoms. The Morgan fingerprint density at radius 3 is 2.53 bits per heavy atom. The number of carbonyl (C=O) groups is 1. The molecular weight excluding hydrogens is 400 g/mol. The number of carbonyl (C=O) groups excluding carboxylic acids is 1. The number of aryl methyl sites for hydroxylation is 1. The van der Waals surface area contributed by atoms with Gasteiger partial charge in [-0.25, -0.2) is 9.78 Å². The highest BCUT2D eigenvalue weighted by Crippen LogP contribution is 2.28. The van der Waals surface area contributed by atoms with Gasteiger partial charge in [-0.1, -0.05) is 49.9 Å². The minimum absolute atomic E-state index is 0.365. The third-order valence-corrected chi connectivity index (χ3v) is 6.72. The van der Waals surface area contributed by atoms with Crippen molar-refractivity contribution < 1.29 is 9.53 Å². The number of amides is 1. The molecule has 1 saturated carbocycles. The summed E-state index contributed by atoms with van der Waals surface area (Å²) in [6.07, 6.45) is 10.1. The molecule has 2 fully saturated rings. The molecule has 1 saturated heterocycles. The molecule has 6 nitrogen and oxygen atoms in total. The van der Waals surface area contributed by atoms with Gasteiger partial charge in [0.05, 0.1) is 0 Å². The van der Waals surface area contributed by atoms with Gasteiger partial charge < -0.3 is 15.0 Å². The van der Waals surface area contributed by atoms with Gasteiger partial charge in [0.2, 0.25) is 5.88 Å². The summed E-state index contributed by atoms with van der Waals surface area (Å²) in [6.45, 7) is 5.78. The maximum Gasteiger partial charge on any atom is 0.413 e. The summed E-state index contributed by atoms with van der Waals surface area (Å²) in [5, 5.41) is 2.84. The molecule has 0 radical (unpaired) electrons. The number of rotatable bonds is 9. The standard InChI is InChI=1S/C26H36N4O2/c31-26(32-25-14-13-23(21-28-25)12-11-22-7-4-5-8-22)27-15-6-16-29-17-19-30(20-18-29)24-9-2-1-3-10-24/h1-3,9-10,13-14,21-22H,4-8,11-12,15-20H2,(H,27,31). The molecule has 1 aliphatic heterocycles. The second-order valence-electron chi connectivity index (χ2n) is 9.03. The number of para-hydroxylation sites is 1. The number of ether oxygens (including phenoxy) is 1. The van der Waals surface area contributed by atoms with Gasteiger partial charge in [0.15, 0.2) is 0 Å². The van der Waals surface area contributed by atoms with E-state index in [1.165, 1.54) is 43.4 Å². The first-order valence-corrected chi connectivity index (χ1v) is 12.2. The first-order valence-electron chi connectivity index (χ1n) is 12.2. The molecule has 1 aliphatic carbocycles. The summed E-state index contributed by atoms with van der Waals surface area (Å²) in [5.41, 5.74) is 2.52. The number of hydrogen-bond donors (Lipinski definition) is 1. The van der Waals surface area contributed by atoms with E-state index >= 15 is 0 Å². The topological polar surface area (TPSA) is 57.7 Å².